The van der Waals surface area contributed by atoms with Crippen molar-refractivity contribution in [1.29, 1.82) is 0 Å². The van der Waals surface area contributed by atoms with E-state index < -0.39 is 0 Å². The zero-order valence-electron chi connectivity index (χ0n) is 10.8. The molecule has 90 valence electrons. The molecule has 2 atom stereocenters. The van der Waals surface area contributed by atoms with Crippen LogP contribution in [-0.4, -0.2) is 24.3 Å². The highest BCUT2D eigenvalue weighted by Crippen LogP contribution is 2.26. The van der Waals surface area contributed by atoms with E-state index in [0.717, 1.165) is 6.61 Å². The van der Waals surface area contributed by atoms with Crippen LogP contribution in [0, 0.1) is 0 Å². The van der Waals surface area contributed by atoms with E-state index in [2.05, 4.69) is 33.0 Å². The van der Waals surface area contributed by atoms with Gasteiger partial charge in [0, 0.05) is 11.6 Å². The fourth-order valence-corrected chi connectivity index (χ4v) is 2.50. The molecule has 0 amide bonds. The molecule has 2 nitrogen and oxygen atoms in total. The minimum absolute atomic E-state index is 0.241. The van der Waals surface area contributed by atoms with Crippen molar-refractivity contribution in [2.45, 2.75) is 77.5 Å². The van der Waals surface area contributed by atoms with Crippen molar-refractivity contribution in [2.75, 3.05) is 6.61 Å². The van der Waals surface area contributed by atoms with E-state index in [1.165, 1.54) is 32.1 Å². The number of ether oxygens (including phenoxy) is 1. The normalized spacial score (nSPS) is 30.4. The Balaban J connectivity index is 2.60. The second-order valence-electron chi connectivity index (χ2n) is 4.78. The Morgan fingerprint density at radius 2 is 1.87 bits per heavy atom. The molecule has 0 saturated carbocycles. The summed E-state index contributed by atoms with van der Waals surface area (Å²) in [5.41, 5.74) is 0.241. The Morgan fingerprint density at radius 3 is 2.33 bits per heavy atom. The van der Waals surface area contributed by atoms with Gasteiger partial charge < -0.3 is 10.1 Å². The van der Waals surface area contributed by atoms with Gasteiger partial charge in [0.25, 0.3) is 0 Å². The van der Waals surface area contributed by atoms with Gasteiger partial charge in [0.15, 0.2) is 0 Å². The first-order valence-corrected chi connectivity index (χ1v) is 6.60. The molecule has 1 fully saturated rings. The van der Waals surface area contributed by atoms with Gasteiger partial charge in [0.05, 0.1) is 12.7 Å². The van der Waals surface area contributed by atoms with Crippen LogP contribution in [-0.2, 0) is 4.74 Å². The molecule has 0 aromatic carbocycles. The van der Waals surface area contributed by atoms with Crippen LogP contribution in [0.3, 0.4) is 0 Å². The van der Waals surface area contributed by atoms with Crippen LogP contribution < -0.4 is 5.32 Å². The number of morpholine rings is 1. The lowest BCUT2D eigenvalue weighted by Gasteiger charge is -2.45. The van der Waals surface area contributed by atoms with Crippen LogP contribution in [0.15, 0.2) is 0 Å². The average molecular weight is 213 g/mol. The second kappa shape index (κ2) is 5.86. The SMILES string of the molecule is CCCC1OCC(CC)(CC)NC1CC. The third-order valence-corrected chi connectivity index (χ3v) is 3.88. The third-order valence-electron chi connectivity index (χ3n) is 3.88. The highest BCUT2D eigenvalue weighted by molar-refractivity contribution is 4.95. The van der Waals surface area contributed by atoms with Crippen molar-refractivity contribution < 1.29 is 4.74 Å². The van der Waals surface area contributed by atoms with E-state index in [1.807, 2.05) is 0 Å². The van der Waals surface area contributed by atoms with Crippen LogP contribution in [0.1, 0.15) is 59.8 Å². The molecule has 0 radical (unpaired) electrons. The van der Waals surface area contributed by atoms with Crippen LogP contribution in [0.4, 0.5) is 0 Å². The molecule has 15 heavy (non-hydrogen) atoms. The first-order chi connectivity index (χ1) is 7.21. The number of rotatable bonds is 5. The van der Waals surface area contributed by atoms with Gasteiger partial charge in [-0.05, 0) is 25.7 Å². The van der Waals surface area contributed by atoms with E-state index in [-0.39, 0.29) is 5.54 Å². The maximum atomic E-state index is 6.06. The molecule has 1 rings (SSSR count). The molecule has 2 unspecified atom stereocenters. The summed E-state index contributed by atoms with van der Waals surface area (Å²) in [7, 11) is 0. The molecule has 0 bridgehead atoms. The fourth-order valence-electron chi connectivity index (χ4n) is 2.50. The summed E-state index contributed by atoms with van der Waals surface area (Å²) in [6.07, 6.45) is 6.35. The van der Waals surface area contributed by atoms with Crippen molar-refractivity contribution in [3.8, 4) is 0 Å². The highest BCUT2D eigenvalue weighted by Gasteiger charge is 2.37. The van der Waals surface area contributed by atoms with Crippen molar-refractivity contribution in [3.05, 3.63) is 0 Å². The smallest absolute Gasteiger partial charge is 0.0728 e. The van der Waals surface area contributed by atoms with Gasteiger partial charge in [-0.25, -0.2) is 0 Å². The molecule has 1 aliphatic rings. The molecular formula is C13H27NO. The van der Waals surface area contributed by atoms with Gasteiger partial charge in [-0.15, -0.1) is 0 Å². The molecule has 0 aromatic rings. The van der Waals surface area contributed by atoms with E-state index in [4.69, 9.17) is 4.74 Å². The zero-order valence-corrected chi connectivity index (χ0v) is 10.8. The fraction of sp³-hybridized carbons (Fsp3) is 1.00. The summed E-state index contributed by atoms with van der Waals surface area (Å²) in [5, 5.41) is 3.83. The Bertz CT molecular complexity index is 177. The minimum Gasteiger partial charge on any atom is -0.375 e. The van der Waals surface area contributed by atoms with Crippen LogP contribution >= 0.6 is 0 Å². The van der Waals surface area contributed by atoms with E-state index >= 15 is 0 Å². The van der Waals surface area contributed by atoms with Crippen molar-refractivity contribution in [1.82, 2.24) is 5.32 Å². The maximum absolute atomic E-state index is 6.06. The van der Waals surface area contributed by atoms with Crippen LogP contribution in [0.5, 0.6) is 0 Å². The van der Waals surface area contributed by atoms with Gasteiger partial charge in [-0.3, -0.25) is 0 Å². The predicted molar refractivity (Wildman–Crippen MR) is 65.2 cm³/mol. The Hall–Kier alpha value is -0.0800. The number of hydrogen-bond acceptors (Lipinski definition) is 2. The summed E-state index contributed by atoms with van der Waals surface area (Å²) >= 11 is 0. The lowest BCUT2D eigenvalue weighted by molar-refractivity contribution is -0.0696. The third kappa shape index (κ3) is 2.94. The molecule has 1 aliphatic heterocycles. The van der Waals surface area contributed by atoms with Crippen LogP contribution in [0.25, 0.3) is 0 Å². The molecule has 0 aliphatic carbocycles. The predicted octanol–water partition coefficient (Wildman–Crippen LogP) is 3.11. The van der Waals surface area contributed by atoms with Gasteiger partial charge in [0.2, 0.25) is 0 Å². The van der Waals surface area contributed by atoms with Gasteiger partial charge >= 0.3 is 0 Å². The summed E-state index contributed by atoms with van der Waals surface area (Å²) in [6.45, 7) is 9.89. The summed E-state index contributed by atoms with van der Waals surface area (Å²) in [6, 6.07) is 0.554. The first kappa shape index (κ1) is 13.0. The van der Waals surface area contributed by atoms with E-state index in [9.17, 15) is 0 Å². The molecule has 1 saturated heterocycles. The molecule has 1 heterocycles. The Labute approximate surface area is 94.8 Å². The number of hydrogen-bond donors (Lipinski definition) is 1. The topological polar surface area (TPSA) is 21.3 Å². The molecule has 1 N–H and O–H groups in total. The molecule has 2 heteroatoms. The standard InChI is InChI=1S/C13H27NO/c1-5-9-12-11(6-2)14-13(7-3,8-4)10-15-12/h11-12,14H,5-10H2,1-4H3. The van der Waals surface area contributed by atoms with Crippen molar-refractivity contribution >= 4 is 0 Å². The van der Waals surface area contributed by atoms with E-state index in [1.54, 1.807) is 0 Å². The summed E-state index contributed by atoms with van der Waals surface area (Å²) < 4.78 is 6.06. The maximum Gasteiger partial charge on any atom is 0.0728 e. The average Bonchev–Trinajstić information content (AvgIpc) is 2.30. The largest absolute Gasteiger partial charge is 0.375 e. The number of nitrogens with one attached hydrogen (secondary N) is 1. The van der Waals surface area contributed by atoms with Crippen LogP contribution in [0.2, 0.25) is 0 Å². The quantitative estimate of drug-likeness (QED) is 0.757. The lowest BCUT2D eigenvalue weighted by atomic mass is 9.88. The molecule has 0 spiro atoms. The minimum atomic E-state index is 0.241. The second-order valence-corrected chi connectivity index (χ2v) is 4.78. The molecule has 0 aromatic heterocycles. The summed E-state index contributed by atoms with van der Waals surface area (Å²) in [4.78, 5) is 0. The molecular weight excluding hydrogens is 186 g/mol. The Morgan fingerprint density at radius 1 is 1.20 bits per heavy atom. The zero-order chi connectivity index (χ0) is 11.3. The van der Waals surface area contributed by atoms with E-state index in [0.29, 0.717) is 12.1 Å². The van der Waals surface area contributed by atoms with Gasteiger partial charge in [-0.2, -0.15) is 0 Å². The van der Waals surface area contributed by atoms with Gasteiger partial charge in [0.1, 0.15) is 0 Å². The highest BCUT2D eigenvalue weighted by atomic mass is 16.5. The monoisotopic (exact) mass is 213 g/mol. The first-order valence-electron chi connectivity index (χ1n) is 6.60. The van der Waals surface area contributed by atoms with Crippen molar-refractivity contribution in [2.24, 2.45) is 0 Å². The summed E-state index contributed by atoms with van der Waals surface area (Å²) in [5.74, 6) is 0. The van der Waals surface area contributed by atoms with Crippen molar-refractivity contribution in [3.63, 3.8) is 0 Å². The van der Waals surface area contributed by atoms with Gasteiger partial charge in [-0.1, -0.05) is 34.1 Å². The Kier molecular flexibility index (Phi) is 5.07. The lowest BCUT2D eigenvalue weighted by Crippen LogP contribution is -2.61.